The maximum atomic E-state index is 13.4. The summed E-state index contributed by atoms with van der Waals surface area (Å²) in [6.45, 7) is 0. The lowest BCUT2D eigenvalue weighted by atomic mass is 10.2. The summed E-state index contributed by atoms with van der Waals surface area (Å²) >= 11 is 5.83. The van der Waals surface area contributed by atoms with Gasteiger partial charge < -0.3 is 4.57 Å². The molecule has 0 amide bonds. The highest BCUT2D eigenvalue weighted by molar-refractivity contribution is 6.35. The van der Waals surface area contributed by atoms with Crippen LogP contribution >= 0.6 is 11.6 Å². The Morgan fingerprint density at radius 3 is 2.86 bits per heavy atom. The number of benzene rings is 1. The van der Waals surface area contributed by atoms with Crippen molar-refractivity contribution in [3.8, 4) is 0 Å². The Morgan fingerprint density at radius 1 is 1.43 bits per heavy atom. The first kappa shape index (κ1) is 9.21. The molecule has 0 fully saturated rings. The molecule has 14 heavy (non-hydrogen) atoms. The highest BCUT2D eigenvalue weighted by Gasteiger charge is 2.08. The maximum Gasteiger partial charge on any atom is 0.252 e. The molecule has 0 spiro atoms. The maximum absolute atomic E-state index is 13.4. The monoisotopic (exact) mass is 211 g/mol. The van der Waals surface area contributed by atoms with E-state index < -0.39 is 5.82 Å². The van der Waals surface area contributed by atoms with E-state index >= 15 is 0 Å². The van der Waals surface area contributed by atoms with Crippen LogP contribution in [-0.2, 0) is 7.05 Å². The molecule has 72 valence electrons. The van der Waals surface area contributed by atoms with Gasteiger partial charge in [0.15, 0.2) is 0 Å². The van der Waals surface area contributed by atoms with Crippen molar-refractivity contribution in [1.29, 1.82) is 0 Å². The first-order valence-corrected chi connectivity index (χ1v) is 4.43. The quantitative estimate of drug-likeness (QED) is 0.656. The Morgan fingerprint density at radius 2 is 2.14 bits per heavy atom. The van der Waals surface area contributed by atoms with Crippen LogP contribution in [0, 0.1) is 5.82 Å². The minimum Gasteiger partial charge on any atom is -0.309 e. The number of halogens is 2. The van der Waals surface area contributed by atoms with Gasteiger partial charge in [-0.2, -0.15) is 0 Å². The van der Waals surface area contributed by atoms with Crippen molar-refractivity contribution in [3.05, 3.63) is 45.5 Å². The van der Waals surface area contributed by atoms with Crippen LogP contribution in [0.25, 0.3) is 10.9 Å². The Balaban J connectivity index is 3.11. The molecule has 0 aliphatic heterocycles. The molecule has 0 unspecified atom stereocenters. The molecule has 0 N–H and O–H groups in total. The Kier molecular flexibility index (Phi) is 2.04. The number of hydrogen-bond donors (Lipinski definition) is 0. The van der Waals surface area contributed by atoms with E-state index in [1.165, 1.54) is 23.7 Å². The third-order valence-corrected chi connectivity index (χ3v) is 2.47. The van der Waals surface area contributed by atoms with E-state index in [1.807, 2.05) is 0 Å². The number of rotatable bonds is 0. The van der Waals surface area contributed by atoms with Crippen LogP contribution in [0.15, 0.2) is 29.1 Å². The number of para-hydroxylation sites is 1. The van der Waals surface area contributed by atoms with E-state index in [2.05, 4.69) is 0 Å². The number of nitrogens with zero attached hydrogens (tertiary/aromatic N) is 1. The molecule has 2 rings (SSSR count). The molecule has 2 nitrogen and oxygen atoms in total. The zero-order chi connectivity index (χ0) is 10.3. The zero-order valence-electron chi connectivity index (χ0n) is 7.42. The van der Waals surface area contributed by atoms with Crippen LogP contribution in [0.1, 0.15) is 0 Å². The predicted molar refractivity (Wildman–Crippen MR) is 54.2 cm³/mol. The van der Waals surface area contributed by atoms with Gasteiger partial charge in [-0.15, -0.1) is 0 Å². The van der Waals surface area contributed by atoms with Gasteiger partial charge in [0.1, 0.15) is 5.82 Å². The fraction of sp³-hybridized carbons (Fsp3) is 0.100. The highest BCUT2D eigenvalue weighted by Crippen LogP contribution is 2.22. The number of aromatic nitrogens is 1. The van der Waals surface area contributed by atoms with Gasteiger partial charge in [-0.1, -0.05) is 23.7 Å². The van der Waals surface area contributed by atoms with Gasteiger partial charge in [0.25, 0.3) is 5.56 Å². The molecule has 4 heteroatoms. The fourth-order valence-electron chi connectivity index (χ4n) is 1.44. The van der Waals surface area contributed by atoms with Crippen molar-refractivity contribution in [2.24, 2.45) is 7.05 Å². The summed E-state index contributed by atoms with van der Waals surface area (Å²) in [5, 5.41) is 0.830. The second kappa shape index (κ2) is 3.10. The highest BCUT2D eigenvalue weighted by atomic mass is 35.5. The molecule has 1 aromatic heterocycles. The van der Waals surface area contributed by atoms with E-state index in [0.717, 1.165) is 0 Å². The van der Waals surface area contributed by atoms with Crippen LogP contribution in [0.2, 0.25) is 5.02 Å². The number of hydrogen-bond acceptors (Lipinski definition) is 1. The Bertz CT molecular complexity index is 562. The third kappa shape index (κ3) is 1.21. The predicted octanol–water partition coefficient (Wildman–Crippen LogP) is 2.33. The number of fused-ring (bicyclic) bond motifs is 1. The summed E-state index contributed by atoms with van der Waals surface area (Å²) in [6, 6.07) is 5.83. The average Bonchev–Trinajstić information content (AvgIpc) is 2.14. The van der Waals surface area contributed by atoms with Crippen molar-refractivity contribution >= 4 is 22.5 Å². The molecule has 0 bridgehead atoms. The summed E-state index contributed by atoms with van der Waals surface area (Å²) in [7, 11) is 1.52. The molecular weight excluding hydrogens is 205 g/mol. The minimum atomic E-state index is -0.440. The topological polar surface area (TPSA) is 22.0 Å². The second-order valence-corrected chi connectivity index (χ2v) is 3.43. The molecule has 0 atom stereocenters. The van der Waals surface area contributed by atoms with E-state index in [-0.39, 0.29) is 16.1 Å². The van der Waals surface area contributed by atoms with Crippen molar-refractivity contribution in [1.82, 2.24) is 4.57 Å². The van der Waals surface area contributed by atoms with Gasteiger partial charge >= 0.3 is 0 Å². The van der Waals surface area contributed by atoms with Crippen LogP contribution in [0.3, 0.4) is 0 Å². The minimum absolute atomic E-state index is 0.241. The van der Waals surface area contributed by atoms with Gasteiger partial charge in [0, 0.05) is 18.5 Å². The van der Waals surface area contributed by atoms with Crippen LogP contribution in [-0.4, -0.2) is 4.57 Å². The molecule has 1 heterocycles. The van der Waals surface area contributed by atoms with E-state index in [1.54, 1.807) is 12.1 Å². The van der Waals surface area contributed by atoms with Gasteiger partial charge in [-0.25, -0.2) is 4.39 Å². The molecule has 0 saturated carbocycles. The average molecular weight is 212 g/mol. The fourth-order valence-corrected chi connectivity index (χ4v) is 1.69. The van der Waals surface area contributed by atoms with Gasteiger partial charge in [-0.3, -0.25) is 4.79 Å². The zero-order valence-corrected chi connectivity index (χ0v) is 8.18. The van der Waals surface area contributed by atoms with E-state index in [4.69, 9.17) is 11.6 Å². The normalized spacial score (nSPS) is 10.8. The van der Waals surface area contributed by atoms with Crippen LogP contribution in [0.5, 0.6) is 0 Å². The first-order chi connectivity index (χ1) is 6.61. The van der Waals surface area contributed by atoms with E-state index in [9.17, 15) is 9.18 Å². The molecule has 0 aliphatic carbocycles. The lowest BCUT2D eigenvalue weighted by molar-refractivity contribution is 0.629. The number of pyridine rings is 1. The van der Waals surface area contributed by atoms with Crippen LogP contribution < -0.4 is 5.56 Å². The van der Waals surface area contributed by atoms with Gasteiger partial charge in [0.2, 0.25) is 0 Å². The third-order valence-electron chi connectivity index (χ3n) is 2.16. The molecule has 0 radical (unpaired) electrons. The lowest BCUT2D eigenvalue weighted by Gasteiger charge is -2.06. The molecule has 0 saturated heterocycles. The standard InChI is InChI=1S/C10H7ClFNO/c1-13-9(14)5-7(11)6-3-2-4-8(12)10(6)13/h2-5H,1H3. The largest absolute Gasteiger partial charge is 0.309 e. The SMILES string of the molecule is Cn1c(=O)cc(Cl)c2cccc(F)c21. The first-order valence-electron chi connectivity index (χ1n) is 4.05. The summed E-state index contributed by atoms with van der Waals surface area (Å²) < 4.78 is 14.6. The smallest absolute Gasteiger partial charge is 0.252 e. The van der Waals surface area contributed by atoms with Crippen molar-refractivity contribution in [3.63, 3.8) is 0 Å². The summed E-state index contributed by atoms with van der Waals surface area (Å²) in [6.07, 6.45) is 0. The van der Waals surface area contributed by atoms with Crippen LogP contribution in [0.4, 0.5) is 4.39 Å². The Labute approximate surface area is 84.5 Å². The summed E-state index contributed by atoms with van der Waals surface area (Å²) in [5.74, 6) is -0.440. The van der Waals surface area contributed by atoms with Crippen molar-refractivity contribution < 1.29 is 4.39 Å². The summed E-state index contributed by atoms with van der Waals surface area (Å²) in [4.78, 5) is 11.3. The van der Waals surface area contributed by atoms with Crippen molar-refractivity contribution in [2.45, 2.75) is 0 Å². The van der Waals surface area contributed by atoms with E-state index in [0.29, 0.717) is 5.39 Å². The number of aryl methyl sites for hydroxylation is 1. The van der Waals surface area contributed by atoms with Gasteiger partial charge in [-0.05, 0) is 6.07 Å². The lowest BCUT2D eigenvalue weighted by Crippen LogP contribution is -2.16. The molecule has 2 aromatic rings. The van der Waals surface area contributed by atoms with Crippen molar-refractivity contribution in [2.75, 3.05) is 0 Å². The molecule has 1 aromatic carbocycles. The second-order valence-electron chi connectivity index (χ2n) is 3.03. The Hall–Kier alpha value is -1.35. The summed E-state index contributed by atoms with van der Waals surface area (Å²) in [5.41, 5.74) is -0.0717. The molecule has 0 aliphatic rings. The van der Waals surface area contributed by atoms with Gasteiger partial charge in [0.05, 0.1) is 10.5 Å². The molecular formula is C10H7ClFNO.